The number of rotatable bonds is 8. The molecule has 0 radical (unpaired) electrons. The summed E-state index contributed by atoms with van der Waals surface area (Å²) in [5.41, 5.74) is 1.73. The fourth-order valence-corrected chi connectivity index (χ4v) is 6.87. The Kier molecular flexibility index (Phi) is 8.97. The molecule has 8 heteroatoms. The number of carboxylic acid groups (broad SMARTS) is 1. The van der Waals surface area contributed by atoms with Gasteiger partial charge in [0.15, 0.2) is 0 Å². The highest BCUT2D eigenvalue weighted by Crippen LogP contribution is 2.41. The monoisotopic (exact) mass is 508 g/mol. The van der Waals surface area contributed by atoms with Gasteiger partial charge in [0, 0.05) is 42.9 Å². The van der Waals surface area contributed by atoms with Crippen molar-refractivity contribution in [3.8, 4) is 0 Å². The summed E-state index contributed by atoms with van der Waals surface area (Å²) in [4.78, 5) is 31.3. The third kappa shape index (κ3) is 6.50. The number of carbonyl (C=O) groups is 2. The number of amides is 1. The number of alkyl halides is 2. The number of allylic oxidation sites excluding steroid dienone is 2. The van der Waals surface area contributed by atoms with Crippen LogP contribution < -0.4 is 4.90 Å². The summed E-state index contributed by atoms with van der Waals surface area (Å²) in [5.74, 6) is -0.405. The van der Waals surface area contributed by atoms with Crippen LogP contribution in [0.3, 0.4) is 0 Å². The summed E-state index contributed by atoms with van der Waals surface area (Å²) >= 11 is 1.29. The maximum Gasteiger partial charge on any atom is 0.348 e. The Labute approximate surface area is 211 Å². The standard InChI is InChI=1S/C27H38F2N2O3S/c1-18-7-9-20(10-8-18)26(32)31(21-11-14-30(15-12-21)16-13-24(28)29)22-17-23(35-25(22)27(33)34)19-5-3-2-4-6-19/h5,17-18,20-21,24H,2-4,6-16H2,1H3,(H,33,34). The minimum absolute atomic E-state index is 0.0485. The van der Waals surface area contributed by atoms with E-state index in [1.807, 2.05) is 15.9 Å². The molecule has 3 aliphatic rings. The molecule has 194 valence electrons. The van der Waals surface area contributed by atoms with Gasteiger partial charge in [-0.25, -0.2) is 13.6 Å². The lowest BCUT2D eigenvalue weighted by Gasteiger charge is -2.40. The van der Waals surface area contributed by atoms with Gasteiger partial charge in [0.05, 0.1) is 5.69 Å². The number of anilines is 1. The second-order valence-electron chi connectivity index (χ2n) is 10.5. The highest BCUT2D eigenvalue weighted by Gasteiger charge is 2.37. The number of hydrogen-bond acceptors (Lipinski definition) is 4. The first kappa shape index (κ1) is 26.3. The highest BCUT2D eigenvalue weighted by atomic mass is 32.1. The van der Waals surface area contributed by atoms with Crippen molar-refractivity contribution >= 4 is 34.5 Å². The number of carbonyl (C=O) groups excluding carboxylic acids is 1. The Morgan fingerprint density at radius 3 is 2.46 bits per heavy atom. The van der Waals surface area contributed by atoms with Crippen molar-refractivity contribution in [2.75, 3.05) is 24.5 Å². The van der Waals surface area contributed by atoms with E-state index in [-0.39, 0.29) is 29.2 Å². The number of aromatic carboxylic acids is 1. The second-order valence-corrected chi connectivity index (χ2v) is 11.6. The molecule has 0 aromatic carbocycles. The van der Waals surface area contributed by atoms with Crippen molar-refractivity contribution < 1.29 is 23.5 Å². The van der Waals surface area contributed by atoms with Crippen LogP contribution >= 0.6 is 11.3 Å². The van der Waals surface area contributed by atoms with Crippen LogP contribution in [0.4, 0.5) is 14.5 Å². The molecule has 1 amide bonds. The lowest BCUT2D eigenvalue weighted by atomic mass is 9.82. The number of thiophene rings is 1. The van der Waals surface area contributed by atoms with E-state index >= 15 is 0 Å². The van der Waals surface area contributed by atoms with Gasteiger partial charge in [0.1, 0.15) is 4.88 Å². The van der Waals surface area contributed by atoms with Crippen LogP contribution in [0.1, 0.15) is 92.1 Å². The quantitative estimate of drug-likeness (QED) is 0.425. The topological polar surface area (TPSA) is 60.9 Å². The fraction of sp³-hybridized carbons (Fsp3) is 0.704. The van der Waals surface area contributed by atoms with Gasteiger partial charge in [-0.15, -0.1) is 11.3 Å². The van der Waals surface area contributed by atoms with Crippen molar-refractivity contribution in [3.05, 3.63) is 21.9 Å². The van der Waals surface area contributed by atoms with Gasteiger partial charge >= 0.3 is 5.97 Å². The summed E-state index contributed by atoms with van der Waals surface area (Å²) in [5, 5.41) is 10.1. The normalized spacial score (nSPS) is 24.4. The van der Waals surface area contributed by atoms with E-state index in [4.69, 9.17) is 0 Å². The number of piperidine rings is 1. The molecule has 0 spiro atoms. The summed E-state index contributed by atoms with van der Waals surface area (Å²) in [6, 6.07) is 1.84. The smallest absolute Gasteiger partial charge is 0.348 e. The van der Waals surface area contributed by atoms with Crippen LogP contribution in [-0.2, 0) is 4.79 Å². The first-order chi connectivity index (χ1) is 16.8. The largest absolute Gasteiger partial charge is 0.477 e. The minimum atomic E-state index is -2.31. The summed E-state index contributed by atoms with van der Waals surface area (Å²) < 4.78 is 25.4. The first-order valence-electron chi connectivity index (χ1n) is 13.2. The third-order valence-electron chi connectivity index (χ3n) is 7.96. The van der Waals surface area contributed by atoms with Crippen molar-refractivity contribution in [1.29, 1.82) is 0 Å². The van der Waals surface area contributed by atoms with Crippen LogP contribution in [0.2, 0.25) is 0 Å². The van der Waals surface area contributed by atoms with Crippen LogP contribution in [-0.4, -0.2) is 54.0 Å². The van der Waals surface area contributed by atoms with Gasteiger partial charge in [-0.3, -0.25) is 4.79 Å². The van der Waals surface area contributed by atoms with Crippen molar-refractivity contribution in [1.82, 2.24) is 4.90 Å². The van der Waals surface area contributed by atoms with E-state index in [1.54, 1.807) is 0 Å². The SMILES string of the molecule is CC1CCC(C(=O)N(c2cc(C3=CCCCC3)sc2C(=O)O)C2CCN(CCC(F)F)CC2)CC1. The predicted molar refractivity (Wildman–Crippen MR) is 136 cm³/mol. The summed E-state index contributed by atoms with van der Waals surface area (Å²) in [6.45, 7) is 3.87. The molecule has 1 N–H and O–H groups in total. The molecule has 1 saturated heterocycles. The molecule has 1 aromatic rings. The predicted octanol–water partition coefficient (Wildman–Crippen LogP) is 6.68. The molecule has 2 aliphatic carbocycles. The Bertz CT molecular complexity index is 916. The van der Waals surface area contributed by atoms with Gasteiger partial charge in [-0.1, -0.05) is 13.0 Å². The summed E-state index contributed by atoms with van der Waals surface area (Å²) in [6.07, 6.45) is 9.02. The lowest BCUT2D eigenvalue weighted by Crippen LogP contribution is -2.50. The fourth-order valence-electron chi connectivity index (χ4n) is 5.81. The molecule has 4 rings (SSSR count). The van der Waals surface area contributed by atoms with Gasteiger partial charge in [-0.2, -0.15) is 0 Å². The molecule has 1 aromatic heterocycles. The number of hydrogen-bond donors (Lipinski definition) is 1. The second kappa shape index (κ2) is 12.0. The van der Waals surface area contributed by atoms with Crippen LogP contribution in [0.25, 0.3) is 5.57 Å². The van der Waals surface area contributed by atoms with Gasteiger partial charge < -0.3 is 14.9 Å². The molecule has 1 saturated carbocycles. The first-order valence-corrected chi connectivity index (χ1v) is 14.0. The summed E-state index contributed by atoms with van der Waals surface area (Å²) in [7, 11) is 0. The zero-order chi connectivity index (χ0) is 24.9. The number of carboxylic acids is 1. The van der Waals surface area contributed by atoms with Gasteiger partial charge in [0.25, 0.3) is 0 Å². The number of nitrogens with zero attached hydrogens (tertiary/aromatic N) is 2. The Morgan fingerprint density at radius 2 is 1.86 bits per heavy atom. The molecule has 0 bridgehead atoms. The van der Waals surface area contributed by atoms with E-state index in [9.17, 15) is 23.5 Å². The van der Waals surface area contributed by atoms with Crippen LogP contribution in [0.15, 0.2) is 12.1 Å². The van der Waals surface area contributed by atoms with Crippen LogP contribution in [0.5, 0.6) is 0 Å². The number of likely N-dealkylation sites (tertiary alicyclic amines) is 1. The van der Waals surface area contributed by atoms with E-state index in [2.05, 4.69) is 13.0 Å². The molecule has 2 fully saturated rings. The maximum atomic E-state index is 14.0. The zero-order valence-corrected chi connectivity index (χ0v) is 21.5. The third-order valence-corrected chi connectivity index (χ3v) is 9.15. The van der Waals surface area contributed by atoms with Gasteiger partial charge in [-0.05, 0) is 81.8 Å². The Balaban J connectivity index is 1.62. The van der Waals surface area contributed by atoms with Crippen molar-refractivity contribution in [2.24, 2.45) is 11.8 Å². The van der Waals surface area contributed by atoms with E-state index in [1.165, 1.54) is 16.9 Å². The lowest BCUT2D eigenvalue weighted by molar-refractivity contribution is -0.124. The maximum absolute atomic E-state index is 14.0. The van der Waals surface area contributed by atoms with E-state index in [0.717, 1.165) is 56.2 Å². The van der Waals surface area contributed by atoms with Gasteiger partial charge in [0.2, 0.25) is 12.3 Å². The van der Waals surface area contributed by atoms with E-state index in [0.29, 0.717) is 44.1 Å². The molecule has 0 unspecified atom stereocenters. The molecular formula is C27H38F2N2O3S. The van der Waals surface area contributed by atoms with Crippen molar-refractivity contribution in [2.45, 2.75) is 90.0 Å². The average molecular weight is 509 g/mol. The molecular weight excluding hydrogens is 470 g/mol. The highest BCUT2D eigenvalue weighted by molar-refractivity contribution is 7.15. The Hall–Kier alpha value is -1.80. The van der Waals surface area contributed by atoms with Crippen LogP contribution in [0, 0.1) is 11.8 Å². The molecule has 2 heterocycles. The molecule has 1 aliphatic heterocycles. The van der Waals surface area contributed by atoms with Crippen molar-refractivity contribution in [3.63, 3.8) is 0 Å². The Morgan fingerprint density at radius 1 is 1.14 bits per heavy atom. The molecule has 35 heavy (non-hydrogen) atoms. The zero-order valence-electron chi connectivity index (χ0n) is 20.7. The van der Waals surface area contributed by atoms with E-state index < -0.39 is 12.4 Å². The molecule has 5 nitrogen and oxygen atoms in total. The number of halogens is 2. The molecule has 0 atom stereocenters. The average Bonchev–Trinajstić information content (AvgIpc) is 3.30. The minimum Gasteiger partial charge on any atom is -0.477 e.